The summed E-state index contributed by atoms with van der Waals surface area (Å²) in [5.41, 5.74) is 0. The fraction of sp³-hybridized carbons (Fsp3) is 0.786. The van der Waals surface area contributed by atoms with Gasteiger partial charge in [0, 0.05) is 19.4 Å². The molecule has 1 N–H and O–H groups in total. The first-order valence-corrected chi connectivity index (χ1v) is 6.59. The van der Waals surface area contributed by atoms with Crippen LogP contribution in [0.2, 0.25) is 0 Å². The average Bonchev–Trinajstić information content (AvgIpc) is 2.94. The Morgan fingerprint density at radius 1 is 1.29 bits per heavy atom. The molecule has 0 aromatic rings. The van der Waals surface area contributed by atoms with Crippen molar-refractivity contribution < 1.29 is 9.53 Å². The van der Waals surface area contributed by atoms with Gasteiger partial charge in [-0.2, -0.15) is 0 Å². The molecule has 0 aromatic heterocycles. The SMILES string of the molecule is CNCCC(=O)OCC1C2CCC#CCCC21. The zero-order valence-corrected chi connectivity index (χ0v) is 10.5. The maximum atomic E-state index is 11.4. The Bertz CT molecular complexity index is 311. The summed E-state index contributed by atoms with van der Waals surface area (Å²) in [4.78, 5) is 11.4. The van der Waals surface area contributed by atoms with E-state index in [-0.39, 0.29) is 5.97 Å². The lowest BCUT2D eigenvalue weighted by molar-refractivity contribution is -0.144. The first-order valence-electron chi connectivity index (χ1n) is 6.59. The predicted octanol–water partition coefficient (Wildman–Crippen LogP) is 1.58. The first kappa shape index (κ1) is 12.4. The lowest BCUT2D eigenvalue weighted by atomic mass is 10.1. The molecular weight excluding hydrogens is 214 g/mol. The van der Waals surface area contributed by atoms with E-state index in [1.807, 2.05) is 7.05 Å². The number of hydrogen-bond acceptors (Lipinski definition) is 3. The molecule has 3 heteroatoms. The van der Waals surface area contributed by atoms with E-state index in [2.05, 4.69) is 17.2 Å². The molecule has 0 aromatic carbocycles. The summed E-state index contributed by atoms with van der Waals surface area (Å²) in [7, 11) is 1.84. The van der Waals surface area contributed by atoms with Gasteiger partial charge in [0.15, 0.2) is 0 Å². The maximum absolute atomic E-state index is 11.4. The summed E-state index contributed by atoms with van der Waals surface area (Å²) in [6.07, 6.45) is 4.89. The fourth-order valence-electron chi connectivity index (χ4n) is 2.77. The van der Waals surface area contributed by atoms with E-state index in [0.717, 1.165) is 24.7 Å². The fourth-order valence-corrected chi connectivity index (χ4v) is 2.77. The Hall–Kier alpha value is -1.01. The second kappa shape index (κ2) is 6.07. The minimum absolute atomic E-state index is 0.0742. The van der Waals surface area contributed by atoms with Crippen molar-refractivity contribution in [1.82, 2.24) is 5.32 Å². The van der Waals surface area contributed by atoms with Crippen LogP contribution in [0.5, 0.6) is 0 Å². The first-order chi connectivity index (χ1) is 8.33. The van der Waals surface area contributed by atoms with Crippen LogP contribution in [0.1, 0.15) is 32.1 Å². The van der Waals surface area contributed by atoms with Gasteiger partial charge >= 0.3 is 5.97 Å². The van der Waals surface area contributed by atoms with Crippen molar-refractivity contribution in [2.24, 2.45) is 17.8 Å². The lowest BCUT2D eigenvalue weighted by Gasteiger charge is -2.03. The van der Waals surface area contributed by atoms with Crippen LogP contribution >= 0.6 is 0 Å². The van der Waals surface area contributed by atoms with Crippen LogP contribution in [0.25, 0.3) is 0 Å². The van der Waals surface area contributed by atoms with Gasteiger partial charge < -0.3 is 10.1 Å². The normalized spacial score (nSPS) is 30.3. The Kier molecular flexibility index (Phi) is 4.44. The van der Waals surface area contributed by atoms with Crippen molar-refractivity contribution in [3.05, 3.63) is 0 Å². The predicted molar refractivity (Wildman–Crippen MR) is 66.2 cm³/mol. The van der Waals surface area contributed by atoms with Gasteiger partial charge in [0.25, 0.3) is 0 Å². The Morgan fingerprint density at radius 2 is 1.94 bits per heavy atom. The largest absolute Gasteiger partial charge is 0.465 e. The average molecular weight is 235 g/mol. The number of rotatable bonds is 5. The summed E-state index contributed by atoms with van der Waals surface area (Å²) in [5.74, 6) is 8.45. The molecule has 94 valence electrons. The Labute approximate surface area is 103 Å². The zero-order valence-electron chi connectivity index (χ0n) is 10.5. The van der Waals surface area contributed by atoms with Gasteiger partial charge in [0.05, 0.1) is 13.0 Å². The van der Waals surface area contributed by atoms with Gasteiger partial charge in [0.2, 0.25) is 0 Å². The molecule has 0 bridgehead atoms. The topological polar surface area (TPSA) is 38.3 Å². The minimum atomic E-state index is -0.0742. The lowest BCUT2D eigenvalue weighted by Crippen LogP contribution is -2.16. The van der Waals surface area contributed by atoms with E-state index in [4.69, 9.17) is 4.74 Å². The second-order valence-electron chi connectivity index (χ2n) is 4.96. The van der Waals surface area contributed by atoms with Crippen molar-refractivity contribution in [2.75, 3.05) is 20.2 Å². The van der Waals surface area contributed by atoms with Crippen LogP contribution in [0.4, 0.5) is 0 Å². The number of fused-ring (bicyclic) bond motifs is 1. The molecule has 3 nitrogen and oxygen atoms in total. The van der Waals surface area contributed by atoms with E-state index in [0.29, 0.717) is 25.5 Å². The number of hydrogen-bond donors (Lipinski definition) is 1. The number of carbonyl (C=O) groups excluding carboxylic acids is 1. The molecule has 2 aliphatic rings. The molecular formula is C14H21NO2. The van der Waals surface area contributed by atoms with Crippen LogP contribution in [-0.2, 0) is 9.53 Å². The molecule has 2 rings (SSSR count). The summed E-state index contributed by atoms with van der Waals surface area (Å²) in [5, 5.41) is 2.95. The summed E-state index contributed by atoms with van der Waals surface area (Å²) < 4.78 is 5.32. The number of ether oxygens (including phenoxy) is 1. The number of nitrogens with one attached hydrogen (secondary N) is 1. The van der Waals surface area contributed by atoms with Gasteiger partial charge in [-0.05, 0) is 37.6 Å². The Balaban J connectivity index is 1.66. The third kappa shape index (κ3) is 3.47. The van der Waals surface area contributed by atoms with E-state index >= 15 is 0 Å². The van der Waals surface area contributed by atoms with Gasteiger partial charge in [-0.1, -0.05) is 0 Å². The zero-order chi connectivity index (χ0) is 12.1. The standard InChI is InChI=1S/C14H21NO2/c1-15-9-8-14(16)17-10-13-11-6-4-2-3-5-7-12(11)13/h11-13,15H,4-10H2,1H3. The molecule has 17 heavy (non-hydrogen) atoms. The monoisotopic (exact) mass is 235 g/mol. The highest BCUT2D eigenvalue weighted by atomic mass is 16.5. The number of esters is 1. The van der Waals surface area contributed by atoms with Crippen molar-refractivity contribution in [3.63, 3.8) is 0 Å². The van der Waals surface area contributed by atoms with E-state index in [9.17, 15) is 4.79 Å². The third-order valence-corrected chi connectivity index (χ3v) is 3.86. The number of carbonyl (C=O) groups is 1. The quantitative estimate of drug-likeness (QED) is 0.581. The molecule has 0 heterocycles. The summed E-state index contributed by atoms with van der Waals surface area (Å²) in [6, 6.07) is 0. The minimum Gasteiger partial charge on any atom is -0.465 e. The smallest absolute Gasteiger partial charge is 0.307 e. The van der Waals surface area contributed by atoms with Gasteiger partial charge in [-0.25, -0.2) is 0 Å². The molecule has 2 unspecified atom stereocenters. The van der Waals surface area contributed by atoms with Gasteiger partial charge in [0.1, 0.15) is 0 Å². The van der Waals surface area contributed by atoms with E-state index in [1.54, 1.807) is 0 Å². The van der Waals surface area contributed by atoms with Gasteiger partial charge in [-0.3, -0.25) is 4.79 Å². The van der Waals surface area contributed by atoms with Crippen LogP contribution in [-0.4, -0.2) is 26.2 Å². The molecule has 0 spiro atoms. The molecule has 2 aliphatic carbocycles. The van der Waals surface area contributed by atoms with Crippen LogP contribution in [0.15, 0.2) is 0 Å². The third-order valence-electron chi connectivity index (χ3n) is 3.86. The molecule has 1 fully saturated rings. The van der Waals surface area contributed by atoms with Crippen molar-refractivity contribution in [3.8, 4) is 11.8 Å². The van der Waals surface area contributed by atoms with E-state index < -0.39 is 0 Å². The molecule has 2 atom stereocenters. The molecule has 0 amide bonds. The highest BCUT2D eigenvalue weighted by Crippen LogP contribution is 2.52. The maximum Gasteiger partial charge on any atom is 0.307 e. The Morgan fingerprint density at radius 3 is 2.53 bits per heavy atom. The van der Waals surface area contributed by atoms with Crippen LogP contribution in [0, 0.1) is 29.6 Å². The molecule has 0 saturated heterocycles. The van der Waals surface area contributed by atoms with E-state index in [1.165, 1.54) is 12.8 Å². The molecule has 0 aliphatic heterocycles. The molecule has 0 radical (unpaired) electrons. The summed E-state index contributed by atoms with van der Waals surface area (Å²) in [6.45, 7) is 1.32. The van der Waals surface area contributed by atoms with Crippen LogP contribution in [0.3, 0.4) is 0 Å². The second-order valence-corrected chi connectivity index (χ2v) is 4.96. The van der Waals surface area contributed by atoms with Crippen LogP contribution < -0.4 is 5.32 Å². The molecule has 1 saturated carbocycles. The van der Waals surface area contributed by atoms with Gasteiger partial charge in [-0.15, -0.1) is 11.8 Å². The van der Waals surface area contributed by atoms with Crippen molar-refractivity contribution >= 4 is 5.97 Å². The summed E-state index contributed by atoms with van der Waals surface area (Å²) >= 11 is 0. The highest BCUT2D eigenvalue weighted by Gasteiger charge is 2.49. The van der Waals surface area contributed by atoms with Crippen molar-refractivity contribution in [1.29, 1.82) is 0 Å². The highest BCUT2D eigenvalue weighted by molar-refractivity contribution is 5.69. The van der Waals surface area contributed by atoms with Crippen molar-refractivity contribution in [2.45, 2.75) is 32.1 Å².